The molecule has 118 valence electrons. The summed E-state index contributed by atoms with van der Waals surface area (Å²) in [6, 6.07) is 5.58. The number of rotatable bonds is 10. The van der Waals surface area contributed by atoms with Crippen molar-refractivity contribution in [2.75, 3.05) is 33.0 Å². The minimum absolute atomic E-state index is 0.360. The van der Waals surface area contributed by atoms with E-state index < -0.39 is 0 Å². The molecule has 0 radical (unpaired) electrons. The molecule has 0 saturated heterocycles. The van der Waals surface area contributed by atoms with E-state index in [1.54, 1.807) is 6.07 Å². The van der Waals surface area contributed by atoms with Crippen molar-refractivity contribution in [2.45, 2.75) is 26.7 Å². The molecular weight excluding hydrogens is 276 g/mol. The minimum atomic E-state index is -0.360. The maximum absolute atomic E-state index is 5.65. The molecule has 1 heterocycles. The Labute approximate surface area is 124 Å². The lowest BCUT2D eigenvalue weighted by atomic mass is 10.2. The first kappa shape index (κ1) is 16.0. The number of ether oxygens (including phenoxy) is 4. The summed E-state index contributed by atoms with van der Waals surface area (Å²) < 4.78 is 21.7. The van der Waals surface area contributed by atoms with Crippen LogP contribution in [0.1, 0.15) is 19.4 Å². The Morgan fingerprint density at radius 1 is 1.14 bits per heavy atom. The molecule has 0 N–H and O–H groups in total. The first-order valence-electron chi connectivity index (χ1n) is 7.15. The average molecular weight is 298 g/mol. The van der Waals surface area contributed by atoms with Gasteiger partial charge in [0.25, 0.3) is 0 Å². The Morgan fingerprint density at radius 2 is 1.95 bits per heavy atom. The van der Waals surface area contributed by atoms with Gasteiger partial charge in [0.1, 0.15) is 12.4 Å². The van der Waals surface area contributed by atoms with Gasteiger partial charge < -0.3 is 23.8 Å². The molecule has 1 aromatic rings. The van der Waals surface area contributed by atoms with Crippen LogP contribution in [0, 0.1) is 0 Å². The van der Waals surface area contributed by atoms with Gasteiger partial charge in [-0.2, -0.15) is 4.89 Å². The molecule has 0 saturated carbocycles. The van der Waals surface area contributed by atoms with Gasteiger partial charge >= 0.3 is 0 Å². The average Bonchev–Trinajstić information content (AvgIpc) is 2.94. The lowest BCUT2D eigenvalue weighted by Gasteiger charge is -2.15. The lowest BCUT2D eigenvalue weighted by Crippen LogP contribution is -2.19. The molecule has 0 amide bonds. The van der Waals surface area contributed by atoms with Crippen molar-refractivity contribution in [3.05, 3.63) is 23.8 Å². The zero-order chi connectivity index (χ0) is 14.9. The largest absolute Gasteiger partial charge is 0.465 e. The standard InChI is InChI=1S/C15H22O6/c1-3-16-6-7-17-8-9-18-12(2)20-14-5-4-13-11-19-21-15(13)10-14/h4-5,10,12H,3,6-9,11H2,1-2H3. The highest BCUT2D eigenvalue weighted by Crippen LogP contribution is 2.30. The number of benzene rings is 1. The van der Waals surface area contributed by atoms with Crippen LogP contribution in [0.3, 0.4) is 0 Å². The second kappa shape index (κ2) is 8.84. The van der Waals surface area contributed by atoms with Crippen LogP contribution in [0.25, 0.3) is 0 Å². The summed E-state index contributed by atoms with van der Waals surface area (Å²) in [5.41, 5.74) is 1.01. The first-order valence-corrected chi connectivity index (χ1v) is 7.15. The van der Waals surface area contributed by atoms with Gasteiger partial charge in [-0.3, -0.25) is 0 Å². The Morgan fingerprint density at radius 3 is 2.81 bits per heavy atom. The smallest absolute Gasteiger partial charge is 0.197 e. The summed E-state index contributed by atoms with van der Waals surface area (Å²) in [4.78, 5) is 9.89. The summed E-state index contributed by atoms with van der Waals surface area (Å²) in [5.74, 6) is 1.38. The summed E-state index contributed by atoms with van der Waals surface area (Å²) in [5, 5.41) is 0. The van der Waals surface area contributed by atoms with Gasteiger partial charge in [0.2, 0.25) is 0 Å². The van der Waals surface area contributed by atoms with E-state index in [9.17, 15) is 0 Å². The monoisotopic (exact) mass is 298 g/mol. The summed E-state index contributed by atoms with van der Waals surface area (Å²) in [6.07, 6.45) is -0.360. The predicted molar refractivity (Wildman–Crippen MR) is 75.2 cm³/mol. The third kappa shape index (κ3) is 5.51. The fourth-order valence-electron chi connectivity index (χ4n) is 1.82. The SMILES string of the molecule is CCOCCOCCOC(C)Oc1ccc2c(c1)OOC2. The van der Waals surface area contributed by atoms with Crippen molar-refractivity contribution < 1.29 is 28.7 Å². The minimum Gasteiger partial charge on any atom is -0.465 e. The van der Waals surface area contributed by atoms with Crippen LogP contribution in [0.15, 0.2) is 18.2 Å². The molecule has 6 heteroatoms. The third-order valence-corrected chi connectivity index (χ3v) is 2.86. The van der Waals surface area contributed by atoms with Crippen molar-refractivity contribution in [3.63, 3.8) is 0 Å². The van der Waals surface area contributed by atoms with Crippen molar-refractivity contribution in [1.29, 1.82) is 0 Å². The van der Waals surface area contributed by atoms with Crippen LogP contribution >= 0.6 is 0 Å². The van der Waals surface area contributed by atoms with E-state index in [-0.39, 0.29) is 6.29 Å². The van der Waals surface area contributed by atoms with E-state index in [1.807, 2.05) is 26.0 Å². The fourth-order valence-corrected chi connectivity index (χ4v) is 1.82. The van der Waals surface area contributed by atoms with Gasteiger partial charge in [0, 0.05) is 18.2 Å². The van der Waals surface area contributed by atoms with Gasteiger partial charge in [0.15, 0.2) is 12.0 Å². The number of fused-ring (bicyclic) bond motifs is 1. The molecule has 0 aromatic heterocycles. The molecule has 1 aromatic carbocycles. The molecule has 1 unspecified atom stereocenters. The molecule has 2 rings (SSSR count). The van der Waals surface area contributed by atoms with Gasteiger partial charge in [-0.25, -0.2) is 0 Å². The van der Waals surface area contributed by atoms with Crippen LogP contribution in [0.2, 0.25) is 0 Å². The molecule has 0 bridgehead atoms. The quantitative estimate of drug-likeness (QED) is 0.375. The van der Waals surface area contributed by atoms with E-state index in [4.69, 9.17) is 28.7 Å². The topological polar surface area (TPSA) is 55.4 Å². The third-order valence-electron chi connectivity index (χ3n) is 2.86. The Kier molecular flexibility index (Phi) is 6.75. The molecule has 1 aliphatic rings. The first-order chi connectivity index (χ1) is 10.3. The van der Waals surface area contributed by atoms with Gasteiger partial charge in [-0.1, -0.05) is 0 Å². The Bertz CT molecular complexity index is 423. The van der Waals surface area contributed by atoms with Crippen molar-refractivity contribution >= 4 is 0 Å². The van der Waals surface area contributed by atoms with Crippen molar-refractivity contribution in [3.8, 4) is 11.5 Å². The highest BCUT2D eigenvalue weighted by Gasteiger charge is 2.15. The summed E-state index contributed by atoms with van der Waals surface area (Å²) in [7, 11) is 0. The fraction of sp³-hybridized carbons (Fsp3) is 0.600. The Balaban J connectivity index is 1.60. The molecular formula is C15H22O6. The molecule has 21 heavy (non-hydrogen) atoms. The van der Waals surface area contributed by atoms with Crippen molar-refractivity contribution in [2.24, 2.45) is 0 Å². The van der Waals surface area contributed by atoms with Gasteiger partial charge in [-0.05, 0) is 26.0 Å². The van der Waals surface area contributed by atoms with E-state index in [0.29, 0.717) is 51.1 Å². The summed E-state index contributed by atoms with van der Waals surface area (Å²) in [6.45, 7) is 7.15. The van der Waals surface area contributed by atoms with Crippen molar-refractivity contribution in [1.82, 2.24) is 0 Å². The molecule has 1 aliphatic heterocycles. The van der Waals surface area contributed by atoms with Crippen LogP contribution in [-0.4, -0.2) is 39.3 Å². The molecule has 1 atom stereocenters. The summed E-state index contributed by atoms with van der Waals surface area (Å²) >= 11 is 0. The van der Waals surface area contributed by atoms with E-state index in [2.05, 4.69) is 0 Å². The second-order valence-corrected chi connectivity index (χ2v) is 4.48. The normalized spacial score (nSPS) is 14.6. The zero-order valence-corrected chi connectivity index (χ0v) is 12.5. The second-order valence-electron chi connectivity index (χ2n) is 4.48. The van der Waals surface area contributed by atoms with Crippen LogP contribution < -0.4 is 9.62 Å². The van der Waals surface area contributed by atoms with E-state index in [1.165, 1.54) is 0 Å². The molecule has 0 aliphatic carbocycles. The highest BCUT2D eigenvalue weighted by atomic mass is 17.2. The Hall–Kier alpha value is -1.34. The maximum Gasteiger partial charge on any atom is 0.197 e. The molecule has 0 fully saturated rings. The van der Waals surface area contributed by atoms with E-state index >= 15 is 0 Å². The van der Waals surface area contributed by atoms with Crippen LogP contribution in [-0.2, 0) is 25.7 Å². The zero-order valence-electron chi connectivity index (χ0n) is 12.5. The molecule has 6 nitrogen and oxygen atoms in total. The van der Waals surface area contributed by atoms with Crippen LogP contribution in [0.4, 0.5) is 0 Å². The molecule has 0 spiro atoms. The predicted octanol–water partition coefficient (Wildman–Crippen LogP) is 2.31. The lowest BCUT2D eigenvalue weighted by molar-refractivity contribution is -0.194. The van der Waals surface area contributed by atoms with E-state index in [0.717, 1.165) is 5.56 Å². The maximum atomic E-state index is 5.65. The van der Waals surface area contributed by atoms with Gasteiger partial charge in [-0.15, -0.1) is 0 Å². The van der Waals surface area contributed by atoms with Gasteiger partial charge in [0.05, 0.1) is 26.4 Å². The highest BCUT2D eigenvalue weighted by molar-refractivity contribution is 5.41. The van der Waals surface area contributed by atoms with Crippen LogP contribution in [0.5, 0.6) is 11.5 Å². The number of hydrogen-bond acceptors (Lipinski definition) is 6. The number of hydrogen-bond donors (Lipinski definition) is 0.